The fourth-order valence-electron chi connectivity index (χ4n) is 1.45. The highest BCUT2D eigenvalue weighted by Crippen LogP contribution is 2.26. The molecule has 3 N–H and O–H groups in total. The lowest BCUT2D eigenvalue weighted by Gasteiger charge is -2.22. The van der Waals surface area contributed by atoms with Gasteiger partial charge in [0.25, 0.3) is 0 Å². The van der Waals surface area contributed by atoms with Gasteiger partial charge in [-0.3, -0.25) is 0 Å². The van der Waals surface area contributed by atoms with Crippen LogP contribution >= 0.6 is 0 Å². The summed E-state index contributed by atoms with van der Waals surface area (Å²) in [5.41, 5.74) is 0.853. The summed E-state index contributed by atoms with van der Waals surface area (Å²) in [6.07, 6.45) is 0. The number of hydrogen-bond acceptors (Lipinski definition) is 4. The Morgan fingerprint density at radius 2 is 2.06 bits per heavy atom. The van der Waals surface area contributed by atoms with Crippen molar-refractivity contribution in [3.63, 3.8) is 0 Å². The quantitative estimate of drug-likeness (QED) is 0.704. The van der Waals surface area contributed by atoms with Gasteiger partial charge in [-0.25, -0.2) is 0 Å². The Balaban J connectivity index is 2.50. The number of phenols is 1. The molecule has 0 aliphatic carbocycles. The molecule has 1 aromatic carbocycles. The Bertz CT molecular complexity index is 364. The van der Waals surface area contributed by atoms with E-state index in [2.05, 4.69) is 5.32 Å². The monoisotopic (exact) mass is 239 g/mol. The van der Waals surface area contributed by atoms with Crippen LogP contribution in [0.4, 0.5) is 0 Å². The first kappa shape index (κ1) is 13.8. The molecular formula is C13H21NO3. The van der Waals surface area contributed by atoms with E-state index in [0.29, 0.717) is 12.3 Å². The molecule has 0 heterocycles. The van der Waals surface area contributed by atoms with Gasteiger partial charge < -0.3 is 20.3 Å². The maximum absolute atomic E-state index is 9.60. The summed E-state index contributed by atoms with van der Waals surface area (Å²) < 4.78 is 4.97. The highest BCUT2D eigenvalue weighted by atomic mass is 16.5. The summed E-state index contributed by atoms with van der Waals surface area (Å²) >= 11 is 0. The van der Waals surface area contributed by atoms with Crippen molar-refractivity contribution >= 4 is 0 Å². The van der Waals surface area contributed by atoms with Gasteiger partial charge in [0.2, 0.25) is 0 Å². The molecule has 0 saturated carbocycles. The van der Waals surface area contributed by atoms with Gasteiger partial charge in [0, 0.05) is 25.1 Å². The van der Waals surface area contributed by atoms with Crippen molar-refractivity contribution < 1.29 is 14.9 Å². The van der Waals surface area contributed by atoms with E-state index < -0.39 is 0 Å². The van der Waals surface area contributed by atoms with Crippen LogP contribution in [-0.4, -0.2) is 30.5 Å². The molecule has 0 atom stereocenters. The molecule has 1 aromatic rings. The molecule has 4 heteroatoms. The van der Waals surface area contributed by atoms with Gasteiger partial charge >= 0.3 is 0 Å². The van der Waals surface area contributed by atoms with E-state index in [1.54, 1.807) is 12.1 Å². The summed E-state index contributed by atoms with van der Waals surface area (Å²) in [7, 11) is 1.52. The molecule has 0 bridgehead atoms. The lowest BCUT2D eigenvalue weighted by atomic mass is 9.95. The van der Waals surface area contributed by atoms with Gasteiger partial charge in [-0.2, -0.15) is 0 Å². The second kappa shape index (κ2) is 5.89. The van der Waals surface area contributed by atoms with E-state index in [9.17, 15) is 5.11 Å². The third-order valence-electron chi connectivity index (χ3n) is 2.60. The van der Waals surface area contributed by atoms with Crippen LogP contribution in [0.2, 0.25) is 0 Å². The van der Waals surface area contributed by atoms with Gasteiger partial charge in [0.1, 0.15) is 0 Å². The van der Waals surface area contributed by atoms with Crippen molar-refractivity contribution in [1.29, 1.82) is 0 Å². The molecule has 0 unspecified atom stereocenters. The number of methoxy groups -OCH3 is 1. The van der Waals surface area contributed by atoms with Crippen LogP contribution in [-0.2, 0) is 6.54 Å². The van der Waals surface area contributed by atoms with Crippen LogP contribution in [0.15, 0.2) is 18.2 Å². The highest BCUT2D eigenvalue weighted by Gasteiger charge is 2.15. The maximum Gasteiger partial charge on any atom is 0.160 e. The van der Waals surface area contributed by atoms with Crippen LogP contribution in [0.5, 0.6) is 11.5 Å². The minimum absolute atomic E-state index is 0.130. The van der Waals surface area contributed by atoms with Crippen LogP contribution in [0, 0.1) is 5.41 Å². The number of aromatic hydroxyl groups is 1. The summed E-state index contributed by atoms with van der Waals surface area (Å²) in [5.74, 6) is 0.623. The highest BCUT2D eigenvalue weighted by molar-refractivity contribution is 5.41. The molecule has 0 fully saturated rings. The molecular weight excluding hydrogens is 218 g/mol. The fraction of sp³-hybridized carbons (Fsp3) is 0.538. The van der Waals surface area contributed by atoms with Crippen LogP contribution in [0.25, 0.3) is 0 Å². The van der Waals surface area contributed by atoms with E-state index in [0.717, 1.165) is 12.1 Å². The predicted octanol–water partition coefficient (Wildman–Crippen LogP) is 1.51. The Morgan fingerprint density at radius 1 is 1.35 bits per heavy atom. The average Bonchev–Trinajstić information content (AvgIpc) is 2.29. The number of nitrogens with one attached hydrogen (secondary N) is 1. The molecule has 0 aliphatic rings. The van der Waals surface area contributed by atoms with Crippen LogP contribution in [0.3, 0.4) is 0 Å². The summed E-state index contributed by atoms with van der Waals surface area (Å²) in [6, 6.07) is 5.32. The summed E-state index contributed by atoms with van der Waals surface area (Å²) in [5, 5.41) is 22.0. The molecule has 0 spiro atoms. The molecule has 0 aliphatic heterocycles. The third kappa shape index (κ3) is 4.24. The Hall–Kier alpha value is -1.26. The third-order valence-corrected chi connectivity index (χ3v) is 2.60. The van der Waals surface area contributed by atoms with Crippen molar-refractivity contribution in [2.45, 2.75) is 20.4 Å². The van der Waals surface area contributed by atoms with Crippen molar-refractivity contribution in [2.75, 3.05) is 20.3 Å². The van der Waals surface area contributed by atoms with Gasteiger partial charge in [-0.1, -0.05) is 19.9 Å². The number of hydrogen-bond donors (Lipinski definition) is 3. The molecule has 0 aromatic heterocycles. The minimum atomic E-state index is -0.130. The van der Waals surface area contributed by atoms with Crippen LogP contribution in [0.1, 0.15) is 19.4 Å². The van der Waals surface area contributed by atoms with E-state index in [4.69, 9.17) is 9.84 Å². The van der Waals surface area contributed by atoms with Crippen molar-refractivity contribution in [3.05, 3.63) is 23.8 Å². The Kier molecular flexibility index (Phi) is 4.78. The van der Waals surface area contributed by atoms with Gasteiger partial charge in [0.15, 0.2) is 11.5 Å². The number of aliphatic hydroxyl groups is 1. The van der Waals surface area contributed by atoms with Crippen molar-refractivity contribution in [3.8, 4) is 11.5 Å². The number of aliphatic hydroxyl groups excluding tert-OH is 1. The SMILES string of the molecule is COc1ccc(CNCC(C)(C)CO)cc1O. The van der Waals surface area contributed by atoms with Gasteiger partial charge in [-0.05, 0) is 17.7 Å². The first-order valence-electron chi connectivity index (χ1n) is 5.66. The molecule has 0 radical (unpaired) electrons. The van der Waals surface area contributed by atoms with E-state index in [1.165, 1.54) is 7.11 Å². The molecule has 4 nitrogen and oxygen atoms in total. The molecule has 1 rings (SSSR count). The van der Waals surface area contributed by atoms with E-state index in [1.807, 2.05) is 19.9 Å². The Morgan fingerprint density at radius 3 is 2.59 bits per heavy atom. The lowest BCUT2D eigenvalue weighted by molar-refractivity contribution is 0.156. The normalized spacial score (nSPS) is 11.5. The predicted molar refractivity (Wildman–Crippen MR) is 67.2 cm³/mol. The number of phenolic OH excluding ortho intramolecular Hbond substituents is 1. The van der Waals surface area contributed by atoms with Gasteiger partial charge in [-0.15, -0.1) is 0 Å². The van der Waals surface area contributed by atoms with E-state index in [-0.39, 0.29) is 17.8 Å². The maximum atomic E-state index is 9.60. The number of rotatable bonds is 6. The van der Waals surface area contributed by atoms with Gasteiger partial charge in [0.05, 0.1) is 7.11 Å². The molecule has 96 valence electrons. The zero-order valence-electron chi connectivity index (χ0n) is 10.7. The number of ether oxygens (including phenoxy) is 1. The average molecular weight is 239 g/mol. The Labute approximate surface area is 102 Å². The smallest absolute Gasteiger partial charge is 0.160 e. The zero-order chi connectivity index (χ0) is 12.9. The second-order valence-corrected chi connectivity index (χ2v) is 4.93. The molecule has 17 heavy (non-hydrogen) atoms. The lowest BCUT2D eigenvalue weighted by Crippen LogP contribution is -2.31. The number of benzene rings is 1. The first-order valence-corrected chi connectivity index (χ1v) is 5.66. The van der Waals surface area contributed by atoms with Crippen molar-refractivity contribution in [1.82, 2.24) is 5.32 Å². The summed E-state index contributed by atoms with van der Waals surface area (Å²) in [6.45, 7) is 5.50. The zero-order valence-corrected chi connectivity index (χ0v) is 10.7. The second-order valence-electron chi connectivity index (χ2n) is 4.93. The fourth-order valence-corrected chi connectivity index (χ4v) is 1.45. The molecule has 0 amide bonds. The largest absolute Gasteiger partial charge is 0.504 e. The first-order chi connectivity index (χ1) is 7.98. The molecule has 0 saturated heterocycles. The van der Waals surface area contributed by atoms with Crippen LogP contribution < -0.4 is 10.1 Å². The van der Waals surface area contributed by atoms with E-state index >= 15 is 0 Å². The minimum Gasteiger partial charge on any atom is -0.504 e. The van der Waals surface area contributed by atoms with Crippen molar-refractivity contribution in [2.24, 2.45) is 5.41 Å². The topological polar surface area (TPSA) is 61.7 Å². The standard InChI is InChI=1S/C13H21NO3/c1-13(2,9-15)8-14-7-10-4-5-12(17-3)11(16)6-10/h4-6,14-16H,7-9H2,1-3H3. The summed E-state index contributed by atoms with van der Waals surface area (Å²) in [4.78, 5) is 0.